The molecule has 3 nitrogen and oxygen atoms in total. The van der Waals surface area contributed by atoms with E-state index in [1.807, 2.05) is 0 Å². The van der Waals surface area contributed by atoms with E-state index in [2.05, 4.69) is 0 Å². The largest absolute Gasteiger partial charge is 2.00 e. The Balaban J connectivity index is -0.0000000450. The second-order valence-electron chi connectivity index (χ2n) is 0.346. The first-order chi connectivity index (χ1) is 1.73. The SMILES string of the molecule is OB(O)O.[Be+2].[Sr+2]. The van der Waals surface area contributed by atoms with Crippen LogP contribution >= 0.6 is 0 Å². The van der Waals surface area contributed by atoms with Crippen molar-refractivity contribution in [3.05, 3.63) is 0 Å². The van der Waals surface area contributed by atoms with Crippen molar-refractivity contribution in [2.75, 3.05) is 0 Å². The minimum Gasteiger partial charge on any atom is -0.402 e. The smallest absolute Gasteiger partial charge is 0.402 e. The predicted octanol–water partition coefficient (Wildman–Crippen LogP) is -2.81. The van der Waals surface area contributed by atoms with E-state index in [4.69, 9.17) is 15.1 Å². The molecule has 0 spiro atoms. The summed E-state index contributed by atoms with van der Waals surface area (Å²) in [5, 5.41) is 21.5. The van der Waals surface area contributed by atoms with Crippen LogP contribution in [0.5, 0.6) is 0 Å². The van der Waals surface area contributed by atoms with Crippen molar-refractivity contribution in [2.45, 2.75) is 0 Å². The molecule has 24 valence electrons. The molecule has 0 aromatic heterocycles. The Morgan fingerprint density at radius 3 is 1.00 bits per heavy atom. The average molecular weight is 158 g/mol. The third kappa shape index (κ3) is 46.5. The molecule has 0 unspecified atom stereocenters. The van der Waals surface area contributed by atoms with Crippen LogP contribution in [-0.4, -0.2) is 78.0 Å². The van der Waals surface area contributed by atoms with Gasteiger partial charge in [-0.3, -0.25) is 0 Å². The van der Waals surface area contributed by atoms with Crippen LogP contribution in [0.15, 0.2) is 0 Å². The fraction of sp³-hybridized carbons (Fsp3) is 0. The Hall–Kier alpha value is 1.59. The molecule has 0 atom stereocenters. The molecule has 0 radical (unpaired) electrons. The van der Waals surface area contributed by atoms with Crippen molar-refractivity contribution in [1.29, 1.82) is 0 Å². The summed E-state index contributed by atoms with van der Waals surface area (Å²) in [5.41, 5.74) is 0. The molecule has 0 bridgehead atoms. The topological polar surface area (TPSA) is 60.7 Å². The maximum atomic E-state index is 7.17. The monoisotopic (exact) mass is 159 g/mol. The van der Waals surface area contributed by atoms with E-state index in [0.29, 0.717) is 0 Å². The van der Waals surface area contributed by atoms with Gasteiger partial charge in [0.25, 0.3) is 0 Å². The van der Waals surface area contributed by atoms with Crippen molar-refractivity contribution in [3.63, 3.8) is 0 Å². The molecular formula is H3BBeO3Sr+4. The zero-order valence-electron chi connectivity index (χ0n) is 3.33. The van der Waals surface area contributed by atoms with Crippen LogP contribution in [0, 0.1) is 0 Å². The van der Waals surface area contributed by atoms with Crippen LogP contribution in [0.2, 0.25) is 0 Å². The molecule has 0 amide bonds. The van der Waals surface area contributed by atoms with E-state index in [1.54, 1.807) is 0 Å². The fourth-order valence-electron chi connectivity index (χ4n) is 0. The number of hydrogen-bond acceptors (Lipinski definition) is 3. The minimum atomic E-state index is -2.17. The van der Waals surface area contributed by atoms with Gasteiger partial charge in [-0.15, -0.1) is 0 Å². The maximum Gasteiger partial charge on any atom is 2.00 e. The quantitative estimate of drug-likeness (QED) is 0.334. The Bertz CT molecular complexity index is 15.5. The van der Waals surface area contributed by atoms with Gasteiger partial charge in [-0.2, -0.15) is 0 Å². The first kappa shape index (κ1) is 15.6. The van der Waals surface area contributed by atoms with Gasteiger partial charge < -0.3 is 15.1 Å². The van der Waals surface area contributed by atoms with Gasteiger partial charge in [0.15, 0.2) is 0 Å². The molecule has 0 saturated heterocycles. The fourth-order valence-corrected chi connectivity index (χ4v) is 0. The normalized spacial score (nSPS) is 4.50. The van der Waals surface area contributed by atoms with Crippen molar-refractivity contribution >= 4 is 62.9 Å². The number of hydrogen-bond donors (Lipinski definition) is 3. The molecule has 0 aromatic carbocycles. The van der Waals surface area contributed by atoms with Crippen LogP contribution in [0.1, 0.15) is 0 Å². The molecule has 0 aromatic rings. The van der Waals surface area contributed by atoms with E-state index in [9.17, 15) is 0 Å². The van der Waals surface area contributed by atoms with Crippen LogP contribution in [0.3, 0.4) is 0 Å². The van der Waals surface area contributed by atoms with Gasteiger partial charge in [-0.05, 0) is 0 Å². The molecule has 0 aliphatic carbocycles. The summed E-state index contributed by atoms with van der Waals surface area (Å²) in [5.74, 6) is 0. The molecule has 3 N–H and O–H groups in total. The molecule has 0 aliphatic rings. The molecule has 0 heterocycles. The zero-order valence-corrected chi connectivity index (χ0v) is 6.81. The van der Waals surface area contributed by atoms with Crippen LogP contribution < -0.4 is 0 Å². The third-order valence-electron chi connectivity index (χ3n) is 0. The van der Waals surface area contributed by atoms with Crippen molar-refractivity contribution in [1.82, 2.24) is 0 Å². The molecule has 6 heteroatoms. The molecule has 0 fully saturated rings. The Morgan fingerprint density at radius 2 is 1.00 bits per heavy atom. The summed E-state index contributed by atoms with van der Waals surface area (Å²) in [6.07, 6.45) is 0. The van der Waals surface area contributed by atoms with Crippen LogP contribution in [0.25, 0.3) is 0 Å². The van der Waals surface area contributed by atoms with E-state index >= 15 is 0 Å². The second-order valence-corrected chi connectivity index (χ2v) is 0.346. The van der Waals surface area contributed by atoms with Gasteiger partial charge in [-0.1, -0.05) is 0 Å². The van der Waals surface area contributed by atoms with E-state index in [0.717, 1.165) is 0 Å². The average Bonchev–Trinajstić information content (AvgIpc) is 0.811. The van der Waals surface area contributed by atoms with Crippen molar-refractivity contribution in [3.8, 4) is 0 Å². The molecule has 6 heavy (non-hydrogen) atoms. The van der Waals surface area contributed by atoms with E-state index in [1.165, 1.54) is 0 Å². The Morgan fingerprint density at radius 1 is 1.00 bits per heavy atom. The summed E-state index contributed by atoms with van der Waals surface area (Å²) >= 11 is 0. The maximum absolute atomic E-state index is 7.17. The van der Waals surface area contributed by atoms with Gasteiger partial charge in [-0.25, -0.2) is 0 Å². The van der Waals surface area contributed by atoms with Gasteiger partial charge >= 0.3 is 62.9 Å². The molecule has 0 aliphatic heterocycles. The van der Waals surface area contributed by atoms with Crippen molar-refractivity contribution in [2.24, 2.45) is 0 Å². The summed E-state index contributed by atoms with van der Waals surface area (Å²) in [4.78, 5) is 0. The van der Waals surface area contributed by atoms with E-state index in [-0.39, 0.29) is 55.6 Å². The summed E-state index contributed by atoms with van der Waals surface area (Å²) in [6, 6.07) is 0. The summed E-state index contributed by atoms with van der Waals surface area (Å²) in [7, 11) is -2.17. The van der Waals surface area contributed by atoms with Crippen LogP contribution in [0.4, 0.5) is 0 Å². The molecular weight excluding hydrogens is 155 g/mol. The summed E-state index contributed by atoms with van der Waals surface area (Å²) < 4.78 is 0. The van der Waals surface area contributed by atoms with Gasteiger partial charge in [0.1, 0.15) is 0 Å². The third-order valence-corrected chi connectivity index (χ3v) is 0. The second kappa shape index (κ2) is 9.78. The first-order valence-corrected chi connectivity index (χ1v) is 0.775. The zero-order chi connectivity index (χ0) is 3.58. The Labute approximate surface area is 77.0 Å². The number of rotatable bonds is 0. The van der Waals surface area contributed by atoms with Gasteiger partial charge in [0.2, 0.25) is 0 Å². The molecule has 0 rings (SSSR count). The summed E-state index contributed by atoms with van der Waals surface area (Å²) in [6.45, 7) is 0. The minimum absolute atomic E-state index is 0. The van der Waals surface area contributed by atoms with Crippen molar-refractivity contribution < 1.29 is 15.1 Å². The van der Waals surface area contributed by atoms with Gasteiger partial charge in [0.05, 0.1) is 0 Å². The van der Waals surface area contributed by atoms with Crippen LogP contribution in [-0.2, 0) is 0 Å². The standard InChI is InChI=1S/BH3O3.Be.Sr/c2-1(3)4;;/h2-4H;;/q;2*+2. The van der Waals surface area contributed by atoms with E-state index < -0.39 is 7.32 Å². The van der Waals surface area contributed by atoms with Gasteiger partial charge in [0, 0.05) is 0 Å². The Kier molecular flexibility index (Phi) is 25.5. The molecule has 0 saturated carbocycles. The first-order valence-electron chi connectivity index (χ1n) is 0.775. The predicted molar refractivity (Wildman–Crippen MR) is 23.9 cm³/mol.